The van der Waals surface area contributed by atoms with E-state index >= 15 is 0 Å². The Bertz CT molecular complexity index is 468. The summed E-state index contributed by atoms with van der Waals surface area (Å²) >= 11 is 0. The number of benzene rings is 1. The van der Waals surface area contributed by atoms with E-state index in [0.717, 1.165) is 28.0 Å². The highest BCUT2D eigenvalue weighted by Gasteiger charge is 2.11. The number of rotatable bonds is 4. The van der Waals surface area contributed by atoms with Gasteiger partial charge in [0.15, 0.2) is 0 Å². The lowest BCUT2D eigenvalue weighted by atomic mass is 9.98. The first-order valence-corrected chi connectivity index (χ1v) is 6.54. The molecule has 106 valence electrons. The Morgan fingerprint density at radius 2 is 1.89 bits per heavy atom. The van der Waals surface area contributed by atoms with Crippen LogP contribution in [0.1, 0.15) is 36.1 Å². The molecule has 0 aliphatic heterocycles. The first-order chi connectivity index (χ1) is 8.86. The van der Waals surface area contributed by atoms with Gasteiger partial charge in [-0.2, -0.15) is 0 Å². The molecule has 4 nitrogen and oxygen atoms in total. The zero-order valence-electron chi connectivity index (χ0n) is 12.7. The molecule has 0 saturated carbocycles. The lowest BCUT2D eigenvalue weighted by Gasteiger charge is -2.16. The highest BCUT2D eigenvalue weighted by Crippen LogP contribution is 2.28. The van der Waals surface area contributed by atoms with Crippen LogP contribution in [0, 0.1) is 20.8 Å². The third-order valence-corrected chi connectivity index (χ3v) is 3.20. The van der Waals surface area contributed by atoms with Crippen molar-refractivity contribution in [3.63, 3.8) is 0 Å². The molecule has 2 amide bonds. The molecule has 0 unspecified atom stereocenters. The zero-order valence-corrected chi connectivity index (χ0v) is 12.7. The van der Waals surface area contributed by atoms with Crippen molar-refractivity contribution in [2.75, 3.05) is 7.11 Å². The Kier molecular flexibility index (Phi) is 5.21. The van der Waals surface area contributed by atoms with Crippen LogP contribution in [0.4, 0.5) is 4.79 Å². The molecule has 0 heterocycles. The molecule has 1 aromatic carbocycles. The van der Waals surface area contributed by atoms with Crippen molar-refractivity contribution in [1.82, 2.24) is 10.6 Å². The fraction of sp³-hybridized carbons (Fsp3) is 0.533. The van der Waals surface area contributed by atoms with Gasteiger partial charge < -0.3 is 15.4 Å². The predicted molar refractivity (Wildman–Crippen MR) is 77.7 cm³/mol. The second-order valence-corrected chi connectivity index (χ2v) is 5.12. The van der Waals surface area contributed by atoms with Gasteiger partial charge in [0, 0.05) is 12.6 Å². The van der Waals surface area contributed by atoms with E-state index in [1.165, 1.54) is 0 Å². The molecule has 1 aromatic rings. The summed E-state index contributed by atoms with van der Waals surface area (Å²) in [5, 5.41) is 5.68. The molecule has 0 bridgehead atoms. The number of hydrogen-bond acceptors (Lipinski definition) is 2. The highest BCUT2D eigenvalue weighted by atomic mass is 16.5. The number of nitrogens with one attached hydrogen (secondary N) is 2. The number of aryl methyl sites for hydroxylation is 1. The van der Waals surface area contributed by atoms with Crippen LogP contribution in [0.3, 0.4) is 0 Å². The Morgan fingerprint density at radius 3 is 2.42 bits per heavy atom. The fourth-order valence-electron chi connectivity index (χ4n) is 2.13. The predicted octanol–water partition coefficient (Wildman–Crippen LogP) is 2.83. The van der Waals surface area contributed by atoms with E-state index in [0.29, 0.717) is 6.54 Å². The van der Waals surface area contributed by atoms with Crippen molar-refractivity contribution in [2.24, 2.45) is 0 Å². The van der Waals surface area contributed by atoms with Gasteiger partial charge in [-0.05, 0) is 56.9 Å². The van der Waals surface area contributed by atoms with Gasteiger partial charge in [-0.25, -0.2) is 4.79 Å². The summed E-state index contributed by atoms with van der Waals surface area (Å²) in [5.41, 5.74) is 4.50. The van der Waals surface area contributed by atoms with Gasteiger partial charge in [-0.1, -0.05) is 6.07 Å². The summed E-state index contributed by atoms with van der Waals surface area (Å²) in [6.07, 6.45) is 0. The molecule has 19 heavy (non-hydrogen) atoms. The lowest BCUT2D eigenvalue weighted by Crippen LogP contribution is -2.39. The van der Waals surface area contributed by atoms with Crippen molar-refractivity contribution in [3.8, 4) is 5.75 Å². The summed E-state index contributed by atoms with van der Waals surface area (Å²) in [6.45, 7) is 10.5. The molecule has 0 spiro atoms. The van der Waals surface area contributed by atoms with Crippen molar-refractivity contribution >= 4 is 6.03 Å². The molecule has 4 heteroatoms. The number of urea groups is 1. The Balaban J connectivity index is 2.83. The maximum Gasteiger partial charge on any atom is 0.315 e. The molecule has 0 aliphatic rings. The summed E-state index contributed by atoms with van der Waals surface area (Å²) in [6, 6.07) is 2.07. The molecule has 0 atom stereocenters. The molecule has 0 aromatic heterocycles. The maximum atomic E-state index is 11.6. The SMILES string of the molecule is COc1c(C)cc(CNC(=O)NC(C)C)c(C)c1C. The van der Waals surface area contributed by atoms with E-state index in [2.05, 4.69) is 23.6 Å². The Hall–Kier alpha value is -1.71. The van der Waals surface area contributed by atoms with Gasteiger partial charge in [0.1, 0.15) is 5.75 Å². The van der Waals surface area contributed by atoms with Crippen LogP contribution >= 0.6 is 0 Å². The number of methoxy groups -OCH3 is 1. The van der Waals surface area contributed by atoms with Crippen molar-refractivity contribution in [3.05, 3.63) is 28.3 Å². The molecule has 0 radical (unpaired) electrons. The molecule has 2 N–H and O–H groups in total. The van der Waals surface area contributed by atoms with Crippen LogP contribution in [0.5, 0.6) is 5.75 Å². The first kappa shape index (κ1) is 15.3. The van der Waals surface area contributed by atoms with Crippen LogP contribution in [0.2, 0.25) is 0 Å². The average Bonchev–Trinajstić information content (AvgIpc) is 2.32. The third-order valence-electron chi connectivity index (χ3n) is 3.20. The Morgan fingerprint density at radius 1 is 1.26 bits per heavy atom. The van der Waals surface area contributed by atoms with Crippen molar-refractivity contribution in [2.45, 2.75) is 47.2 Å². The molecule has 0 aliphatic carbocycles. The molecular formula is C15H24N2O2. The van der Waals surface area contributed by atoms with E-state index in [4.69, 9.17) is 4.74 Å². The van der Waals surface area contributed by atoms with Gasteiger partial charge in [-0.15, -0.1) is 0 Å². The quantitative estimate of drug-likeness (QED) is 0.878. The number of ether oxygens (including phenoxy) is 1. The van der Waals surface area contributed by atoms with E-state index in [1.54, 1.807) is 7.11 Å². The van der Waals surface area contributed by atoms with Crippen LogP contribution in [-0.4, -0.2) is 19.2 Å². The monoisotopic (exact) mass is 264 g/mol. The maximum absolute atomic E-state index is 11.6. The van der Waals surface area contributed by atoms with Crippen LogP contribution < -0.4 is 15.4 Å². The number of amides is 2. The van der Waals surface area contributed by atoms with Crippen LogP contribution in [-0.2, 0) is 6.54 Å². The summed E-state index contributed by atoms with van der Waals surface area (Å²) in [5.74, 6) is 0.924. The number of carbonyl (C=O) groups excluding carboxylic acids is 1. The zero-order chi connectivity index (χ0) is 14.6. The van der Waals surface area contributed by atoms with Crippen LogP contribution in [0.15, 0.2) is 6.07 Å². The van der Waals surface area contributed by atoms with E-state index in [9.17, 15) is 4.79 Å². The van der Waals surface area contributed by atoms with E-state index < -0.39 is 0 Å². The van der Waals surface area contributed by atoms with Crippen LogP contribution in [0.25, 0.3) is 0 Å². The molecule has 0 saturated heterocycles. The minimum Gasteiger partial charge on any atom is -0.496 e. The first-order valence-electron chi connectivity index (χ1n) is 6.54. The molecule has 0 fully saturated rings. The van der Waals surface area contributed by atoms with E-state index in [-0.39, 0.29) is 12.1 Å². The number of carbonyl (C=O) groups is 1. The fourth-order valence-corrected chi connectivity index (χ4v) is 2.13. The normalized spacial score (nSPS) is 10.5. The average molecular weight is 264 g/mol. The third kappa shape index (κ3) is 3.88. The topological polar surface area (TPSA) is 50.4 Å². The Labute approximate surface area is 115 Å². The minimum atomic E-state index is -0.138. The van der Waals surface area contributed by atoms with Crippen molar-refractivity contribution in [1.29, 1.82) is 0 Å². The van der Waals surface area contributed by atoms with E-state index in [1.807, 2.05) is 27.7 Å². The largest absolute Gasteiger partial charge is 0.496 e. The smallest absolute Gasteiger partial charge is 0.315 e. The second-order valence-electron chi connectivity index (χ2n) is 5.12. The summed E-state index contributed by atoms with van der Waals surface area (Å²) in [4.78, 5) is 11.6. The summed E-state index contributed by atoms with van der Waals surface area (Å²) < 4.78 is 5.39. The van der Waals surface area contributed by atoms with Gasteiger partial charge in [-0.3, -0.25) is 0 Å². The molecular weight excluding hydrogens is 240 g/mol. The second kappa shape index (κ2) is 6.45. The van der Waals surface area contributed by atoms with Gasteiger partial charge in [0.2, 0.25) is 0 Å². The van der Waals surface area contributed by atoms with Crippen molar-refractivity contribution < 1.29 is 9.53 Å². The standard InChI is InChI=1S/C15H24N2O2/c1-9(2)17-15(18)16-8-13-7-10(3)14(19-6)12(5)11(13)4/h7,9H,8H2,1-6H3,(H2,16,17,18). The summed E-state index contributed by atoms with van der Waals surface area (Å²) in [7, 11) is 1.68. The number of hydrogen-bond donors (Lipinski definition) is 2. The van der Waals surface area contributed by atoms with Gasteiger partial charge >= 0.3 is 6.03 Å². The lowest BCUT2D eigenvalue weighted by molar-refractivity contribution is 0.238. The highest BCUT2D eigenvalue weighted by molar-refractivity contribution is 5.74. The van der Waals surface area contributed by atoms with Gasteiger partial charge in [0.05, 0.1) is 7.11 Å². The molecule has 1 rings (SSSR count). The van der Waals surface area contributed by atoms with Gasteiger partial charge in [0.25, 0.3) is 0 Å². The minimum absolute atomic E-state index is 0.138.